The summed E-state index contributed by atoms with van der Waals surface area (Å²) in [5.74, 6) is 0. The Bertz CT molecular complexity index is 450. The highest BCUT2D eigenvalue weighted by atomic mass is 16.6. The molecular weight excluding hydrogens is 250 g/mol. The minimum atomic E-state index is -1.26. The predicted molar refractivity (Wildman–Crippen MR) is 65.2 cm³/mol. The van der Waals surface area contributed by atoms with Crippen LogP contribution in [0.3, 0.4) is 0 Å². The number of amides is 1. The number of carbonyl (C=O) groups excluding carboxylic acids is 2. The predicted octanol–water partition coefficient (Wildman–Crippen LogP) is -0.0719. The summed E-state index contributed by atoms with van der Waals surface area (Å²) in [6.45, 7) is -0.0356. The van der Waals surface area contributed by atoms with Crippen LogP contribution < -0.4 is 0 Å². The normalized spacial score (nSPS) is 26.2. The van der Waals surface area contributed by atoms with Crippen molar-refractivity contribution in [2.75, 3.05) is 6.54 Å². The average Bonchev–Trinajstić information content (AvgIpc) is 2.73. The van der Waals surface area contributed by atoms with E-state index in [9.17, 15) is 19.8 Å². The molecule has 1 aromatic carbocycles. The number of benzene rings is 1. The maximum atomic E-state index is 11.8. The highest BCUT2D eigenvalue weighted by Crippen LogP contribution is 2.18. The number of carbonyl (C=O) groups is 2. The van der Waals surface area contributed by atoms with Gasteiger partial charge in [-0.1, -0.05) is 30.3 Å². The Morgan fingerprint density at radius 2 is 2.05 bits per heavy atom. The summed E-state index contributed by atoms with van der Waals surface area (Å²) >= 11 is 0. The molecule has 0 aromatic heterocycles. The fourth-order valence-corrected chi connectivity index (χ4v) is 2.00. The Kier molecular flexibility index (Phi) is 4.13. The van der Waals surface area contributed by atoms with Crippen molar-refractivity contribution >= 4 is 12.4 Å². The first-order valence-corrected chi connectivity index (χ1v) is 5.92. The molecule has 1 aliphatic rings. The molecule has 1 aromatic rings. The van der Waals surface area contributed by atoms with Gasteiger partial charge in [-0.3, -0.25) is 4.90 Å². The van der Waals surface area contributed by atoms with Gasteiger partial charge in [-0.05, 0) is 5.56 Å². The number of aliphatic hydroxyl groups is 2. The molecule has 0 radical (unpaired) electrons. The Labute approximate surface area is 110 Å². The minimum absolute atomic E-state index is 0.0773. The summed E-state index contributed by atoms with van der Waals surface area (Å²) in [6, 6.07) is 8.04. The first-order chi connectivity index (χ1) is 9.13. The summed E-state index contributed by atoms with van der Waals surface area (Å²) in [5.41, 5.74) is 0.818. The van der Waals surface area contributed by atoms with Crippen LogP contribution in [0.1, 0.15) is 5.56 Å². The van der Waals surface area contributed by atoms with E-state index in [1.807, 2.05) is 18.2 Å². The molecule has 1 amide bonds. The zero-order chi connectivity index (χ0) is 13.8. The molecule has 1 heterocycles. The van der Waals surface area contributed by atoms with Gasteiger partial charge in [0.25, 0.3) is 0 Å². The first kappa shape index (κ1) is 13.5. The third-order valence-corrected chi connectivity index (χ3v) is 3.07. The quantitative estimate of drug-likeness (QED) is 0.747. The van der Waals surface area contributed by atoms with Crippen molar-refractivity contribution < 1.29 is 24.5 Å². The van der Waals surface area contributed by atoms with Crippen molar-refractivity contribution in [3.8, 4) is 0 Å². The molecule has 0 spiro atoms. The van der Waals surface area contributed by atoms with E-state index in [0.29, 0.717) is 6.29 Å². The van der Waals surface area contributed by atoms with Crippen molar-refractivity contribution in [1.29, 1.82) is 0 Å². The summed E-state index contributed by atoms with van der Waals surface area (Å²) in [7, 11) is 0. The highest BCUT2D eigenvalue weighted by molar-refractivity contribution is 5.75. The number of aldehydes is 1. The molecule has 1 saturated heterocycles. The van der Waals surface area contributed by atoms with Gasteiger partial charge in [-0.15, -0.1) is 0 Å². The number of hydrogen-bond donors (Lipinski definition) is 2. The minimum Gasteiger partial charge on any atom is -0.445 e. The van der Waals surface area contributed by atoms with Gasteiger partial charge in [-0.2, -0.15) is 0 Å². The molecule has 6 nitrogen and oxygen atoms in total. The van der Waals surface area contributed by atoms with Crippen molar-refractivity contribution in [3.05, 3.63) is 35.9 Å². The largest absolute Gasteiger partial charge is 0.445 e. The fraction of sp³-hybridized carbons (Fsp3) is 0.385. The van der Waals surface area contributed by atoms with E-state index >= 15 is 0 Å². The molecule has 3 atom stereocenters. The van der Waals surface area contributed by atoms with Crippen LogP contribution in [0.5, 0.6) is 0 Å². The van der Waals surface area contributed by atoms with Gasteiger partial charge in [0.15, 0.2) is 0 Å². The van der Waals surface area contributed by atoms with Gasteiger partial charge in [0, 0.05) is 0 Å². The Balaban J connectivity index is 1.95. The van der Waals surface area contributed by atoms with Crippen molar-refractivity contribution in [1.82, 2.24) is 4.90 Å². The number of nitrogens with zero attached hydrogens (tertiary/aromatic N) is 1. The summed E-state index contributed by atoms with van der Waals surface area (Å²) < 4.78 is 5.05. The van der Waals surface area contributed by atoms with Crippen molar-refractivity contribution in [2.24, 2.45) is 0 Å². The summed E-state index contributed by atoms with van der Waals surface area (Å²) in [4.78, 5) is 23.7. The zero-order valence-electron chi connectivity index (χ0n) is 10.2. The summed E-state index contributed by atoms with van der Waals surface area (Å²) in [5, 5.41) is 19.0. The molecule has 2 rings (SSSR count). The number of likely N-dealkylation sites (tertiary alicyclic amines) is 1. The molecule has 0 aliphatic carbocycles. The number of aliphatic hydroxyl groups excluding tert-OH is 2. The topological polar surface area (TPSA) is 87.1 Å². The number of β-amino-alcohol motifs (C(OH)–C–C–N with tert-alkyl or cyclic N) is 1. The number of rotatable bonds is 3. The smallest absolute Gasteiger partial charge is 0.410 e. The van der Waals surface area contributed by atoms with E-state index in [-0.39, 0.29) is 13.2 Å². The van der Waals surface area contributed by atoms with E-state index in [0.717, 1.165) is 10.5 Å². The second-order valence-electron chi connectivity index (χ2n) is 4.38. The van der Waals surface area contributed by atoms with E-state index < -0.39 is 24.3 Å². The SMILES string of the molecule is O=CC1C(O)C(O)CN1C(=O)OCc1ccccc1. The van der Waals surface area contributed by atoms with Gasteiger partial charge >= 0.3 is 6.09 Å². The van der Waals surface area contributed by atoms with E-state index in [1.165, 1.54) is 0 Å². The molecular formula is C13H15NO5. The van der Waals surface area contributed by atoms with Crippen molar-refractivity contribution in [3.63, 3.8) is 0 Å². The molecule has 2 N–H and O–H groups in total. The molecule has 1 fully saturated rings. The lowest BCUT2D eigenvalue weighted by Gasteiger charge is -2.20. The van der Waals surface area contributed by atoms with Gasteiger partial charge in [0.2, 0.25) is 0 Å². The Hall–Kier alpha value is -1.92. The molecule has 0 saturated carbocycles. The third-order valence-electron chi connectivity index (χ3n) is 3.07. The monoisotopic (exact) mass is 265 g/mol. The number of hydrogen-bond acceptors (Lipinski definition) is 5. The molecule has 0 bridgehead atoms. The fourth-order valence-electron chi connectivity index (χ4n) is 2.00. The maximum absolute atomic E-state index is 11.8. The van der Waals surface area contributed by atoms with E-state index in [2.05, 4.69) is 0 Å². The standard InChI is InChI=1S/C13H15NO5/c15-7-10-12(17)11(16)6-14(10)13(18)19-8-9-4-2-1-3-5-9/h1-5,7,10-12,16-17H,6,8H2. The van der Waals surface area contributed by atoms with E-state index in [4.69, 9.17) is 4.74 Å². The molecule has 3 unspecified atom stereocenters. The van der Waals surface area contributed by atoms with Crippen LogP contribution in [0.2, 0.25) is 0 Å². The van der Waals surface area contributed by atoms with Gasteiger partial charge in [0.05, 0.1) is 6.54 Å². The van der Waals surface area contributed by atoms with Crippen molar-refractivity contribution in [2.45, 2.75) is 24.9 Å². The second kappa shape index (κ2) is 5.81. The van der Waals surface area contributed by atoms with Crippen LogP contribution in [0.4, 0.5) is 4.79 Å². The molecule has 19 heavy (non-hydrogen) atoms. The lowest BCUT2D eigenvalue weighted by atomic mass is 10.1. The van der Waals surface area contributed by atoms with Gasteiger partial charge in [0.1, 0.15) is 31.1 Å². The van der Waals surface area contributed by atoms with Crippen LogP contribution in [-0.2, 0) is 16.1 Å². The van der Waals surface area contributed by atoms with Crippen LogP contribution in [0.15, 0.2) is 30.3 Å². The second-order valence-corrected chi connectivity index (χ2v) is 4.38. The Morgan fingerprint density at radius 3 is 2.68 bits per heavy atom. The molecule has 6 heteroatoms. The summed E-state index contributed by atoms with van der Waals surface area (Å²) in [6.07, 6.45) is -2.68. The lowest BCUT2D eigenvalue weighted by molar-refractivity contribution is -0.114. The van der Waals surface area contributed by atoms with Crippen LogP contribution in [-0.4, -0.2) is 52.3 Å². The number of ether oxygens (including phenoxy) is 1. The van der Waals surface area contributed by atoms with Gasteiger partial charge < -0.3 is 19.7 Å². The highest BCUT2D eigenvalue weighted by Gasteiger charge is 2.43. The maximum Gasteiger partial charge on any atom is 0.410 e. The average molecular weight is 265 g/mol. The first-order valence-electron chi connectivity index (χ1n) is 5.92. The van der Waals surface area contributed by atoms with Gasteiger partial charge in [-0.25, -0.2) is 4.79 Å². The molecule has 102 valence electrons. The Morgan fingerprint density at radius 1 is 1.37 bits per heavy atom. The van der Waals surface area contributed by atoms with Crippen LogP contribution >= 0.6 is 0 Å². The van der Waals surface area contributed by atoms with E-state index in [1.54, 1.807) is 12.1 Å². The van der Waals surface area contributed by atoms with Crippen LogP contribution in [0, 0.1) is 0 Å². The lowest BCUT2D eigenvalue weighted by Crippen LogP contribution is -2.41. The third kappa shape index (κ3) is 2.91. The molecule has 1 aliphatic heterocycles. The zero-order valence-corrected chi connectivity index (χ0v) is 10.2. The van der Waals surface area contributed by atoms with Crippen LogP contribution in [0.25, 0.3) is 0 Å².